The number of halogens is 1. The van der Waals surface area contributed by atoms with Crippen molar-refractivity contribution in [2.24, 2.45) is 0 Å². The fourth-order valence-electron chi connectivity index (χ4n) is 3.17. The Bertz CT molecular complexity index is 558. The van der Waals surface area contributed by atoms with Gasteiger partial charge < -0.3 is 0 Å². The normalized spacial score (nSPS) is 16.9. The van der Waals surface area contributed by atoms with Crippen LogP contribution < -0.4 is 0 Å². The van der Waals surface area contributed by atoms with Gasteiger partial charge in [0.25, 0.3) is 0 Å². The summed E-state index contributed by atoms with van der Waals surface area (Å²) in [5.74, 6) is 0. The molecule has 0 amide bonds. The third-order valence-electron chi connectivity index (χ3n) is 4.56. The number of rotatable bonds is 4. The van der Waals surface area contributed by atoms with Gasteiger partial charge >= 0.3 is 0 Å². The highest BCUT2D eigenvalue weighted by atomic mass is 35.5. The predicted octanol–water partition coefficient (Wildman–Crippen LogP) is 4.85. The van der Waals surface area contributed by atoms with Crippen molar-refractivity contribution >= 4 is 11.6 Å². The van der Waals surface area contributed by atoms with Crippen molar-refractivity contribution in [3.63, 3.8) is 0 Å². The highest BCUT2D eigenvalue weighted by molar-refractivity contribution is 6.30. The van der Waals surface area contributed by atoms with Crippen LogP contribution in [-0.4, -0.2) is 11.9 Å². The molecule has 3 rings (SSSR count). The molecule has 0 bridgehead atoms. The molecule has 1 nitrogen and oxygen atoms in total. The first-order valence-corrected chi connectivity index (χ1v) is 7.60. The highest BCUT2D eigenvalue weighted by Gasteiger charge is 2.42. The van der Waals surface area contributed by atoms with Crippen LogP contribution in [0, 0.1) is 0 Å². The lowest BCUT2D eigenvalue weighted by Gasteiger charge is -2.49. The second-order valence-electron chi connectivity index (χ2n) is 5.73. The predicted molar refractivity (Wildman–Crippen MR) is 84.9 cm³/mol. The van der Waals surface area contributed by atoms with Gasteiger partial charge in [-0.05, 0) is 49.6 Å². The zero-order chi connectivity index (χ0) is 14.0. The Balaban J connectivity index is 1.83. The van der Waals surface area contributed by atoms with Gasteiger partial charge in [-0.15, -0.1) is 0 Å². The van der Waals surface area contributed by atoms with Crippen molar-refractivity contribution < 1.29 is 0 Å². The second kappa shape index (κ2) is 5.59. The van der Waals surface area contributed by atoms with Crippen LogP contribution in [0.2, 0.25) is 5.02 Å². The molecule has 0 radical (unpaired) electrons. The van der Waals surface area contributed by atoms with Gasteiger partial charge in [0.2, 0.25) is 0 Å². The van der Waals surface area contributed by atoms with Crippen LogP contribution in [0.1, 0.15) is 30.4 Å². The number of nitrogens with zero attached hydrogens (tertiary/aromatic N) is 1. The molecular weight excluding hydrogens is 266 g/mol. The summed E-state index contributed by atoms with van der Waals surface area (Å²) in [6.45, 7) is 0.990. The lowest BCUT2D eigenvalue weighted by Crippen LogP contribution is -2.48. The maximum atomic E-state index is 6.02. The van der Waals surface area contributed by atoms with Gasteiger partial charge in [-0.3, -0.25) is 4.90 Å². The Hall–Kier alpha value is -1.31. The number of hydrogen-bond acceptors (Lipinski definition) is 1. The number of hydrogen-bond donors (Lipinski definition) is 0. The smallest absolute Gasteiger partial charge is 0.0461 e. The van der Waals surface area contributed by atoms with E-state index in [4.69, 9.17) is 11.6 Å². The summed E-state index contributed by atoms with van der Waals surface area (Å²) in [5.41, 5.74) is 2.96. The molecule has 0 atom stereocenters. The van der Waals surface area contributed by atoms with Crippen LogP contribution in [0.4, 0.5) is 0 Å². The van der Waals surface area contributed by atoms with Crippen molar-refractivity contribution in [1.29, 1.82) is 0 Å². The van der Waals surface area contributed by atoms with E-state index >= 15 is 0 Å². The van der Waals surface area contributed by atoms with Crippen molar-refractivity contribution in [1.82, 2.24) is 4.90 Å². The molecular formula is C18H20ClN. The van der Waals surface area contributed by atoms with E-state index in [-0.39, 0.29) is 5.54 Å². The second-order valence-corrected chi connectivity index (χ2v) is 6.17. The minimum Gasteiger partial charge on any atom is -0.292 e. The molecule has 1 saturated carbocycles. The van der Waals surface area contributed by atoms with Crippen LogP contribution in [0.15, 0.2) is 54.6 Å². The summed E-state index contributed by atoms with van der Waals surface area (Å²) in [6.07, 6.45) is 3.78. The Morgan fingerprint density at radius 1 is 1.00 bits per heavy atom. The van der Waals surface area contributed by atoms with Crippen molar-refractivity contribution in [3.05, 3.63) is 70.7 Å². The minimum absolute atomic E-state index is 0.195. The molecule has 0 heterocycles. The molecule has 20 heavy (non-hydrogen) atoms. The van der Waals surface area contributed by atoms with Crippen LogP contribution in [0.3, 0.4) is 0 Å². The monoisotopic (exact) mass is 285 g/mol. The Morgan fingerprint density at radius 3 is 2.20 bits per heavy atom. The topological polar surface area (TPSA) is 3.24 Å². The van der Waals surface area contributed by atoms with Crippen LogP contribution in [0.5, 0.6) is 0 Å². The fraction of sp³-hybridized carbons (Fsp3) is 0.333. The van der Waals surface area contributed by atoms with Gasteiger partial charge in [-0.25, -0.2) is 0 Å². The molecule has 0 unspecified atom stereocenters. The van der Waals surface area contributed by atoms with Gasteiger partial charge in [0.05, 0.1) is 0 Å². The van der Waals surface area contributed by atoms with Crippen LogP contribution >= 0.6 is 11.6 Å². The molecule has 1 fully saturated rings. The third kappa shape index (κ3) is 2.48. The molecule has 0 aliphatic heterocycles. The van der Waals surface area contributed by atoms with E-state index < -0.39 is 0 Å². The SMILES string of the molecule is CN(Cc1ccccc1)C1(c2ccc(Cl)cc2)CCC1. The third-order valence-corrected chi connectivity index (χ3v) is 4.81. The van der Waals surface area contributed by atoms with Gasteiger partial charge in [0.1, 0.15) is 0 Å². The standard InChI is InChI=1S/C18H20ClN/c1-20(14-15-6-3-2-4-7-15)18(12-5-13-18)16-8-10-17(19)11-9-16/h2-4,6-11H,5,12-14H2,1H3. The molecule has 2 heteroatoms. The molecule has 1 aliphatic carbocycles. The zero-order valence-corrected chi connectivity index (χ0v) is 12.6. The molecule has 1 aliphatic rings. The summed E-state index contributed by atoms with van der Waals surface area (Å²) in [5, 5.41) is 0.814. The number of benzene rings is 2. The molecule has 0 saturated heterocycles. The summed E-state index contributed by atoms with van der Waals surface area (Å²) < 4.78 is 0. The Labute approximate surface area is 126 Å². The Kier molecular flexibility index (Phi) is 3.82. The zero-order valence-electron chi connectivity index (χ0n) is 11.8. The van der Waals surface area contributed by atoms with E-state index in [2.05, 4.69) is 54.4 Å². The molecule has 2 aromatic carbocycles. The van der Waals surface area contributed by atoms with Crippen molar-refractivity contribution in [2.45, 2.75) is 31.3 Å². The maximum Gasteiger partial charge on any atom is 0.0461 e. The summed E-state index contributed by atoms with van der Waals surface area (Å²) >= 11 is 6.02. The van der Waals surface area contributed by atoms with Gasteiger partial charge in [-0.2, -0.15) is 0 Å². The van der Waals surface area contributed by atoms with Crippen LogP contribution in [-0.2, 0) is 12.1 Å². The fourth-order valence-corrected chi connectivity index (χ4v) is 3.30. The summed E-state index contributed by atoms with van der Waals surface area (Å²) in [7, 11) is 2.24. The van der Waals surface area contributed by atoms with Crippen molar-refractivity contribution in [3.8, 4) is 0 Å². The quantitative estimate of drug-likeness (QED) is 0.776. The molecule has 2 aromatic rings. The first-order valence-electron chi connectivity index (χ1n) is 7.22. The molecule has 0 aromatic heterocycles. The first-order chi connectivity index (χ1) is 9.71. The lowest BCUT2D eigenvalue weighted by atomic mass is 9.70. The molecule has 0 N–H and O–H groups in total. The van der Waals surface area contributed by atoms with E-state index in [9.17, 15) is 0 Å². The Morgan fingerprint density at radius 2 is 1.65 bits per heavy atom. The van der Waals surface area contributed by atoms with E-state index in [1.807, 2.05) is 12.1 Å². The largest absolute Gasteiger partial charge is 0.292 e. The van der Waals surface area contributed by atoms with E-state index in [1.54, 1.807) is 0 Å². The first kappa shape index (κ1) is 13.7. The van der Waals surface area contributed by atoms with E-state index in [0.29, 0.717) is 0 Å². The summed E-state index contributed by atoms with van der Waals surface area (Å²) in [6, 6.07) is 19.1. The van der Waals surface area contributed by atoms with Gasteiger partial charge in [0.15, 0.2) is 0 Å². The average Bonchev–Trinajstić information content (AvgIpc) is 2.41. The highest BCUT2D eigenvalue weighted by Crippen LogP contribution is 2.46. The maximum absolute atomic E-state index is 6.02. The van der Waals surface area contributed by atoms with Gasteiger partial charge in [0, 0.05) is 17.1 Å². The minimum atomic E-state index is 0.195. The lowest BCUT2D eigenvalue weighted by molar-refractivity contribution is 0.0279. The van der Waals surface area contributed by atoms with Gasteiger partial charge in [-0.1, -0.05) is 54.1 Å². The molecule has 104 valence electrons. The molecule has 0 spiro atoms. The van der Waals surface area contributed by atoms with Crippen LogP contribution in [0.25, 0.3) is 0 Å². The van der Waals surface area contributed by atoms with E-state index in [0.717, 1.165) is 11.6 Å². The van der Waals surface area contributed by atoms with E-state index in [1.165, 1.54) is 30.4 Å². The summed E-state index contributed by atoms with van der Waals surface area (Å²) in [4.78, 5) is 2.50. The average molecular weight is 286 g/mol. The van der Waals surface area contributed by atoms with Crippen molar-refractivity contribution in [2.75, 3.05) is 7.05 Å².